The lowest BCUT2D eigenvalue weighted by Gasteiger charge is -2.07. The van der Waals surface area contributed by atoms with E-state index in [-0.39, 0.29) is 12.3 Å². The third kappa shape index (κ3) is 2.08. The van der Waals surface area contributed by atoms with Gasteiger partial charge in [-0.3, -0.25) is 9.59 Å². The number of nitrogens with zero attached hydrogens (tertiary/aromatic N) is 1. The van der Waals surface area contributed by atoms with Crippen molar-refractivity contribution in [2.45, 2.75) is 12.6 Å². The van der Waals surface area contributed by atoms with E-state index in [1.165, 1.54) is 7.11 Å². The van der Waals surface area contributed by atoms with Crippen LogP contribution in [-0.4, -0.2) is 31.0 Å². The van der Waals surface area contributed by atoms with E-state index in [9.17, 15) is 9.59 Å². The third-order valence-corrected chi connectivity index (χ3v) is 1.56. The summed E-state index contributed by atoms with van der Waals surface area (Å²) in [5, 5.41) is 8.27. The van der Waals surface area contributed by atoms with E-state index in [0.717, 1.165) is 0 Å². The molecule has 0 spiro atoms. The summed E-state index contributed by atoms with van der Waals surface area (Å²) in [6.45, 7) is 0. The van der Waals surface area contributed by atoms with Gasteiger partial charge in [-0.05, 0) is 0 Å². The fourth-order valence-electron chi connectivity index (χ4n) is 0.941. The van der Waals surface area contributed by atoms with Gasteiger partial charge in [0.2, 0.25) is 5.84 Å². The number of hydrazone groups is 1. The monoisotopic (exact) mass is 186 g/mol. The van der Waals surface area contributed by atoms with Crippen LogP contribution in [0.1, 0.15) is 6.42 Å². The number of carbonyl (C=O) groups is 2. The quantitative estimate of drug-likeness (QED) is 0.259. The molecule has 0 aromatic heterocycles. The molecule has 1 saturated heterocycles. The van der Waals surface area contributed by atoms with Gasteiger partial charge in [-0.15, -0.1) is 0 Å². The molecule has 0 bridgehead atoms. The van der Waals surface area contributed by atoms with Crippen molar-refractivity contribution in [3.05, 3.63) is 0 Å². The molecule has 1 amide bonds. The van der Waals surface area contributed by atoms with E-state index in [0.29, 0.717) is 0 Å². The standard InChI is InChI=1S/C6H10N4O3/c1-13-4(11)2-3-8-5(10-7)6(12)9-3/h3H,2,7H2,1H3,(H,8,10)(H,9,12). The zero-order chi connectivity index (χ0) is 9.84. The van der Waals surface area contributed by atoms with Gasteiger partial charge < -0.3 is 21.2 Å². The van der Waals surface area contributed by atoms with Crippen LogP contribution in [0.25, 0.3) is 0 Å². The maximum atomic E-state index is 10.9. The van der Waals surface area contributed by atoms with Crippen LogP contribution in [0.5, 0.6) is 0 Å². The Kier molecular flexibility index (Phi) is 2.68. The second kappa shape index (κ2) is 3.74. The number of ether oxygens (including phenoxy) is 1. The van der Waals surface area contributed by atoms with E-state index in [1.54, 1.807) is 0 Å². The van der Waals surface area contributed by atoms with Crippen molar-refractivity contribution in [3.8, 4) is 0 Å². The fraction of sp³-hybridized carbons (Fsp3) is 0.500. The number of rotatable bonds is 2. The molecule has 1 aliphatic heterocycles. The van der Waals surface area contributed by atoms with Crippen LogP contribution in [0.4, 0.5) is 0 Å². The normalized spacial score (nSPS) is 23.9. The Morgan fingerprint density at radius 1 is 1.69 bits per heavy atom. The number of nitrogens with two attached hydrogens (primary N) is 1. The molecule has 0 radical (unpaired) electrons. The summed E-state index contributed by atoms with van der Waals surface area (Å²) in [6, 6.07) is 0. The van der Waals surface area contributed by atoms with Gasteiger partial charge in [0, 0.05) is 0 Å². The van der Waals surface area contributed by atoms with Gasteiger partial charge in [0.25, 0.3) is 5.91 Å². The van der Waals surface area contributed by atoms with Gasteiger partial charge in [-0.25, -0.2) is 0 Å². The van der Waals surface area contributed by atoms with Gasteiger partial charge in [0.05, 0.1) is 13.5 Å². The van der Waals surface area contributed by atoms with Crippen LogP contribution in [0.2, 0.25) is 0 Å². The summed E-state index contributed by atoms with van der Waals surface area (Å²) >= 11 is 0. The van der Waals surface area contributed by atoms with Crippen LogP contribution in [0, 0.1) is 0 Å². The molecule has 0 aromatic carbocycles. The van der Waals surface area contributed by atoms with Crippen LogP contribution in [-0.2, 0) is 14.3 Å². The topological polar surface area (TPSA) is 106 Å². The molecule has 7 heteroatoms. The number of hydrogen-bond donors (Lipinski definition) is 3. The van der Waals surface area contributed by atoms with Gasteiger partial charge in [-0.1, -0.05) is 0 Å². The summed E-state index contributed by atoms with van der Waals surface area (Å²) < 4.78 is 4.41. The number of amidine groups is 1. The average Bonchev–Trinajstić information content (AvgIpc) is 2.46. The molecule has 4 N–H and O–H groups in total. The first-order valence-electron chi connectivity index (χ1n) is 3.59. The van der Waals surface area contributed by atoms with E-state index in [2.05, 4.69) is 20.5 Å². The Bertz CT molecular complexity index is 263. The Balaban J connectivity index is 2.49. The average molecular weight is 186 g/mol. The highest BCUT2D eigenvalue weighted by Crippen LogP contribution is 1.97. The molecule has 0 saturated carbocycles. The number of carbonyl (C=O) groups excluding carboxylic acids is 2. The van der Waals surface area contributed by atoms with Crippen LogP contribution < -0.4 is 16.5 Å². The summed E-state index contributed by atoms with van der Waals surface area (Å²) in [7, 11) is 1.27. The molecule has 1 rings (SSSR count). The molecule has 1 unspecified atom stereocenters. The Labute approximate surface area is 74.3 Å². The van der Waals surface area contributed by atoms with Gasteiger partial charge in [0.15, 0.2) is 0 Å². The summed E-state index contributed by atoms with van der Waals surface area (Å²) in [5.74, 6) is 4.08. The highest BCUT2D eigenvalue weighted by atomic mass is 16.5. The van der Waals surface area contributed by atoms with E-state index in [4.69, 9.17) is 5.84 Å². The van der Waals surface area contributed by atoms with Crippen molar-refractivity contribution >= 4 is 17.7 Å². The molecule has 0 aromatic rings. The molecule has 13 heavy (non-hydrogen) atoms. The molecule has 1 heterocycles. The lowest BCUT2D eigenvalue weighted by atomic mass is 10.3. The molecular weight excluding hydrogens is 176 g/mol. The number of esters is 1. The van der Waals surface area contributed by atoms with E-state index >= 15 is 0 Å². The van der Waals surface area contributed by atoms with Gasteiger partial charge in [-0.2, -0.15) is 5.10 Å². The maximum Gasteiger partial charge on any atom is 0.309 e. The lowest BCUT2D eigenvalue weighted by molar-refractivity contribution is -0.141. The predicted molar refractivity (Wildman–Crippen MR) is 43.3 cm³/mol. The second-order valence-electron chi connectivity index (χ2n) is 2.43. The van der Waals surface area contributed by atoms with E-state index in [1.807, 2.05) is 0 Å². The first-order valence-corrected chi connectivity index (χ1v) is 3.59. The molecule has 0 aliphatic carbocycles. The van der Waals surface area contributed by atoms with E-state index < -0.39 is 18.0 Å². The van der Waals surface area contributed by atoms with Crippen molar-refractivity contribution in [3.63, 3.8) is 0 Å². The largest absolute Gasteiger partial charge is 0.469 e. The number of nitrogens with one attached hydrogen (secondary N) is 2. The zero-order valence-corrected chi connectivity index (χ0v) is 7.03. The molecule has 72 valence electrons. The Morgan fingerprint density at radius 3 is 2.85 bits per heavy atom. The minimum Gasteiger partial charge on any atom is -0.469 e. The maximum absolute atomic E-state index is 10.9. The van der Waals surface area contributed by atoms with Gasteiger partial charge >= 0.3 is 5.97 Å². The van der Waals surface area contributed by atoms with Crippen LogP contribution in [0.15, 0.2) is 5.10 Å². The number of methoxy groups -OCH3 is 1. The first-order chi connectivity index (χ1) is 6.17. The predicted octanol–water partition coefficient (Wildman–Crippen LogP) is -2.13. The van der Waals surface area contributed by atoms with Crippen molar-refractivity contribution < 1.29 is 14.3 Å². The summed E-state index contributed by atoms with van der Waals surface area (Å²) in [6.07, 6.45) is -0.441. The fourth-order valence-corrected chi connectivity index (χ4v) is 0.941. The Morgan fingerprint density at radius 2 is 2.38 bits per heavy atom. The minimum absolute atomic E-state index is 0.0221. The van der Waals surface area contributed by atoms with Crippen molar-refractivity contribution in [1.29, 1.82) is 0 Å². The molecule has 1 atom stereocenters. The van der Waals surface area contributed by atoms with Crippen molar-refractivity contribution in [2.75, 3.05) is 7.11 Å². The van der Waals surface area contributed by atoms with Crippen LogP contribution >= 0.6 is 0 Å². The molecular formula is C6H10N4O3. The molecule has 7 nitrogen and oxygen atoms in total. The lowest BCUT2D eigenvalue weighted by Crippen LogP contribution is -2.35. The number of hydrogen-bond acceptors (Lipinski definition) is 5. The second-order valence-corrected chi connectivity index (χ2v) is 2.43. The van der Waals surface area contributed by atoms with Gasteiger partial charge in [0.1, 0.15) is 6.17 Å². The molecule has 1 aliphatic rings. The number of amides is 1. The Hall–Kier alpha value is -1.79. The zero-order valence-electron chi connectivity index (χ0n) is 7.03. The third-order valence-electron chi connectivity index (χ3n) is 1.56. The summed E-state index contributed by atoms with van der Waals surface area (Å²) in [5.41, 5.74) is 0. The van der Waals surface area contributed by atoms with Crippen molar-refractivity contribution in [2.24, 2.45) is 10.9 Å². The first kappa shape index (κ1) is 9.30. The van der Waals surface area contributed by atoms with Crippen LogP contribution in [0.3, 0.4) is 0 Å². The SMILES string of the molecule is COC(=O)CC1NC(=O)C(=NN)N1. The highest BCUT2D eigenvalue weighted by molar-refractivity contribution is 6.39. The highest BCUT2D eigenvalue weighted by Gasteiger charge is 2.28. The molecule has 1 fully saturated rings. The van der Waals surface area contributed by atoms with Crippen molar-refractivity contribution in [1.82, 2.24) is 10.6 Å². The minimum atomic E-state index is -0.484. The summed E-state index contributed by atoms with van der Waals surface area (Å²) in [4.78, 5) is 21.7. The smallest absolute Gasteiger partial charge is 0.309 e.